The zero-order valence-corrected chi connectivity index (χ0v) is 9.47. The predicted molar refractivity (Wildman–Crippen MR) is 56.1 cm³/mol. The topological polar surface area (TPSA) is 48.0 Å². The second kappa shape index (κ2) is 4.58. The first-order chi connectivity index (χ1) is 8.11. The maximum Gasteiger partial charge on any atom is 0.290 e. The van der Waals surface area contributed by atoms with E-state index >= 15 is 0 Å². The molecule has 1 heterocycles. The molecule has 0 N–H and O–H groups in total. The Morgan fingerprint density at radius 1 is 1.53 bits per heavy atom. The van der Waals surface area contributed by atoms with Crippen molar-refractivity contribution < 1.29 is 23.5 Å². The molecule has 0 radical (unpaired) electrons. The van der Waals surface area contributed by atoms with E-state index in [9.17, 15) is 9.18 Å². The van der Waals surface area contributed by atoms with Crippen LogP contribution in [-0.4, -0.2) is 37.8 Å². The molecule has 0 aliphatic carbocycles. The second-order valence-corrected chi connectivity index (χ2v) is 3.53. The summed E-state index contributed by atoms with van der Waals surface area (Å²) in [5, 5.41) is 1.04. The number of hydrogen-bond acceptors (Lipinski definition) is 4. The molecule has 0 saturated heterocycles. The van der Waals surface area contributed by atoms with E-state index in [0.29, 0.717) is 5.75 Å². The van der Waals surface area contributed by atoms with Gasteiger partial charge in [0.15, 0.2) is 11.5 Å². The number of carbonyl (C=O) groups excluding carboxylic acids is 1. The molecule has 2 rings (SSSR count). The highest BCUT2D eigenvalue weighted by atomic mass is 19.1. The van der Waals surface area contributed by atoms with E-state index in [1.165, 1.54) is 32.4 Å². The number of hydrogen-bond donors (Lipinski definition) is 0. The number of benzene rings is 1. The molecular weight excluding hydrogens is 229 g/mol. The normalized spacial score (nSPS) is 17.7. The number of rotatable bonds is 2. The molecule has 1 aromatic carbocycles. The molecule has 0 fully saturated rings. The van der Waals surface area contributed by atoms with Crippen LogP contribution in [0.5, 0.6) is 11.5 Å². The van der Waals surface area contributed by atoms with Crippen molar-refractivity contribution in [1.82, 2.24) is 5.06 Å². The molecular formula is C11H12FNO4. The number of fused-ring (bicyclic) bond motifs is 1. The summed E-state index contributed by atoms with van der Waals surface area (Å²) in [6, 6.07) is 3.92. The summed E-state index contributed by atoms with van der Waals surface area (Å²) < 4.78 is 23.7. The fourth-order valence-electron chi connectivity index (χ4n) is 1.46. The van der Waals surface area contributed by atoms with Crippen molar-refractivity contribution in [2.75, 3.05) is 20.8 Å². The fourth-order valence-corrected chi connectivity index (χ4v) is 1.46. The lowest BCUT2D eigenvalue weighted by Gasteiger charge is -2.27. The quantitative estimate of drug-likeness (QED) is 0.724. The van der Waals surface area contributed by atoms with Gasteiger partial charge in [0.2, 0.25) is 6.10 Å². The maximum atomic E-state index is 13.0. The Balaban J connectivity index is 2.15. The third kappa shape index (κ3) is 2.31. The molecule has 17 heavy (non-hydrogen) atoms. The summed E-state index contributed by atoms with van der Waals surface area (Å²) >= 11 is 0. The number of hydroxylamine groups is 2. The van der Waals surface area contributed by atoms with Crippen LogP contribution in [0.15, 0.2) is 18.2 Å². The van der Waals surface area contributed by atoms with Crippen LogP contribution in [0.1, 0.15) is 0 Å². The van der Waals surface area contributed by atoms with Crippen LogP contribution in [0.3, 0.4) is 0 Å². The van der Waals surface area contributed by atoms with Gasteiger partial charge in [-0.1, -0.05) is 0 Å². The van der Waals surface area contributed by atoms with Crippen molar-refractivity contribution >= 4 is 5.91 Å². The molecule has 0 saturated carbocycles. The minimum atomic E-state index is -0.825. The highest BCUT2D eigenvalue weighted by molar-refractivity contribution is 5.80. The lowest BCUT2D eigenvalue weighted by Crippen LogP contribution is -2.44. The van der Waals surface area contributed by atoms with E-state index in [2.05, 4.69) is 0 Å². The molecule has 1 unspecified atom stereocenters. The van der Waals surface area contributed by atoms with Crippen molar-refractivity contribution in [3.8, 4) is 11.5 Å². The third-order valence-electron chi connectivity index (χ3n) is 2.42. The smallest absolute Gasteiger partial charge is 0.290 e. The highest BCUT2D eigenvalue weighted by Crippen LogP contribution is 2.32. The van der Waals surface area contributed by atoms with Gasteiger partial charge in [0, 0.05) is 13.1 Å². The lowest BCUT2D eigenvalue weighted by atomic mass is 10.2. The van der Waals surface area contributed by atoms with Gasteiger partial charge in [-0.05, 0) is 12.1 Å². The molecule has 5 nitrogen and oxygen atoms in total. The summed E-state index contributed by atoms with van der Waals surface area (Å²) in [4.78, 5) is 16.5. The molecule has 1 atom stereocenters. The summed E-state index contributed by atoms with van der Waals surface area (Å²) in [5.74, 6) is -0.183. The van der Waals surface area contributed by atoms with Gasteiger partial charge in [-0.2, -0.15) is 0 Å². The largest absolute Gasteiger partial charge is 0.485 e. The number of ether oxygens (including phenoxy) is 2. The Kier molecular flexibility index (Phi) is 3.14. The van der Waals surface area contributed by atoms with Crippen molar-refractivity contribution in [2.45, 2.75) is 6.10 Å². The first kappa shape index (κ1) is 11.7. The zero-order chi connectivity index (χ0) is 12.4. The van der Waals surface area contributed by atoms with Crippen molar-refractivity contribution in [3.63, 3.8) is 0 Å². The van der Waals surface area contributed by atoms with Gasteiger partial charge < -0.3 is 9.47 Å². The number of nitrogens with zero attached hydrogens (tertiary/aromatic N) is 1. The second-order valence-electron chi connectivity index (χ2n) is 3.53. The van der Waals surface area contributed by atoms with Crippen molar-refractivity contribution in [1.29, 1.82) is 0 Å². The molecule has 92 valence electrons. The molecule has 1 amide bonds. The fraction of sp³-hybridized carbons (Fsp3) is 0.364. The van der Waals surface area contributed by atoms with Crippen LogP contribution in [0.2, 0.25) is 0 Å². The molecule has 1 aliphatic heterocycles. The van der Waals surface area contributed by atoms with Crippen LogP contribution >= 0.6 is 0 Å². The molecule has 0 bridgehead atoms. The Bertz CT molecular complexity index is 437. The minimum Gasteiger partial charge on any atom is -0.485 e. The standard InChI is InChI=1S/C11H12FNO4/c1-13(15-2)11(14)10-6-16-8-4-3-7(12)5-9(8)17-10/h3-5,10H,6H2,1-2H3. The van der Waals surface area contributed by atoms with E-state index in [1.807, 2.05) is 0 Å². The molecule has 6 heteroatoms. The predicted octanol–water partition coefficient (Wildman–Crippen LogP) is 0.985. The molecule has 0 aromatic heterocycles. The number of likely N-dealkylation sites (N-methyl/N-ethyl adjacent to an activating group) is 1. The van der Waals surface area contributed by atoms with Gasteiger partial charge in [0.1, 0.15) is 12.4 Å². The summed E-state index contributed by atoms with van der Waals surface area (Å²) in [7, 11) is 2.84. The average molecular weight is 241 g/mol. The first-order valence-electron chi connectivity index (χ1n) is 5.02. The van der Waals surface area contributed by atoms with Crippen LogP contribution < -0.4 is 9.47 Å². The van der Waals surface area contributed by atoms with Crippen LogP contribution in [-0.2, 0) is 9.63 Å². The van der Waals surface area contributed by atoms with E-state index in [1.54, 1.807) is 0 Å². The maximum absolute atomic E-state index is 13.0. The summed E-state index contributed by atoms with van der Waals surface area (Å²) in [6.07, 6.45) is -0.825. The van der Waals surface area contributed by atoms with Gasteiger partial charge in [-0.25, -0.2) is 9.45 Å². The van der Waals surface area contributed by atoms with Crippen LogP contribution in [0, 0.1) is 5.82 Å². The number of halogens is 1. The Hall–Kier alpha value is -1.82. The van der Waals surface area contributed by atoms with Gasteiger partial charge in [0.25, 0.3) is 5.91 Å². The zero-order valence-electron chi connectivity index (χ0n) is 9.47. The Morgan fingerprint density at radius 3 is 3.00 bits per heavy atom. The molecule has 0 spiro atoms. The van der Waals surface area contributed by atoms with Crippen molar-refractivity contribution in [3.05, 3.63) is 24.0 Å². The summed E-state index contributed by atoms with van der Waals surface area (Å²) in [5.41, 5.74) is 0. The van der Waals surface area contributed by atoms with Gasteiger partial charge in [-0.3, -0.25) is 9.63 Å². The van der Waals surface area contributed by atoms with E-state index in [0.717, 1.165) is 5.06 Å². The van der Waals surface area contributed by atoms with Crippen LogP contribution in [0.25, 0.3) is 0 Å². The van der Waals surface area contributed by atoms with E-state index < -0.39 is 11.9 Å². The Labute approximate surface area is 97.6 Å². The average Bonchev–Trinajstić information content (AvgIpc) is 2.36. The first-order valence-corrected chi connectivity index (χ1v) is 5.02. The number of carbonyl (C=O) groups is 1. The molecule has 1 aromatic rings. The van der Waals surface area contributed by atoms with Gasteiger partial charge in [0.05, 0.1) is 7.11 Å². The lowest BCUT2D eigenvalue weighted by molar-refractivity contribution is -0.178. The van der Waals surface area contributed by atoms with Gasteiger partial charge in [-0.15, -0.1) is 0 Å². The van der Waals surface area contributed by atoms with E-state index in [4.69, 9.17) is 14.3 Å². The SMILES string of the molecule is CON(C)C(=O)C1COc2ccc(F)cc2O1. The van der Waals surface area contributed by atoms with Crippen molar-refractivity contribution in [2.24, 2.45) is 0 Å². The monoisotopic (exact) mass is 241 g/mol. The third-order valence-corrected chi connectivity index (χ3v) is 2.42. The minimum absolute atomic E-state index is 0.0746. The van der Waals surface area contributed by atoms with Crippen LogP contribution in [0.4, 0.5) is 4.39 Å². The number of amides is 1. The highest BCUT2D eigenvalue weighted by Gasteiger charge is 2.30. The Morgan fingerprint density at radius 2 is 2.29 bits per heavy atom. The molecule has 1 aliphatic rings. The van der Waals surface area contributed by atoms with E-state index in [-0.39, 0.29) is 18.3 Å². The van der Waals surface area contributed by atoms with Gasteiger partial charge >= 0.3 is 0 Å². The summed E-state index contributed by atoms with van der Waals surface area (Å²) in [6.45, 7) is 0.0746.